The molecule has 2 nitrogen and oxygen atoms in total. The lowest BCUT2D eigenvalue weighted by Gasteiger charge is -2.27. The second kappa shape index (κ2) is 3.83. The number of ether oxygens (including phenoxy) is 1. The van der Waals surface area contributed by atoms with Crippen LogP contribution in [0.15, 0.2) is 0 Å². The van der Waals surface area contributed by atoms with Crippen LogP contribution in [0.4, 0.5) is 0 Å². The average molecular weight is 406 g/mol. The Bertz CT molecular complexity index is 230. The third-order valence-electron chi connectivity index (χ3n) is 3.32. The molecular formula is C9H12I2O2. The van der Waals surface area contributed by atoms with E-state index in [0.29, 0.717) is 9.84 Å². The highest BCUT2D eigenvalue weighted by atomic mass is 127. The van der Waals surface area contributed by atoms with Crippen LogP contribution < -0.4 is 0 Å². The zero-order valence-corrected chi connectivity index (χ0v) is 11.7. The van der Waals surface area contributed by atoms with Crippen molar-refractivity contribution in [2.24, 2.45) is 17.8 Å². The maximum absolute atomic E-state index is 11.4. The summed E-state index contributed by atoms with van der Waals surface area (Å²) in [7, 11) is 1.50. The quantitative estimate of drug-likeness (QED) is 0.380. The first-order valence-electron chi connectivity index (χ1n) is 4.51. The van der Waals surface area contributed by atoms with Gasteiger partial charge in [0.15, 0.2) is 0 Å². The fourth-order valence-corrected chi connectivity index (χ4v) is 5.14. The fourth-order valence-electron chi connectivity index (χ4n) is 2.64. The van der Waals surface area contributed by atoms with Crippen molar-refractivity contribution in [2.75, 3.05) is 7.11 Å². The van der Waals surface area contributed by atoms with Crippen molar-refractivity contribution < 1.29 is 9.53 Å². The number of methoxy groups -OCH3 is 1. The smallest absolute Gasteiger partial charge is 0.308 e. The first-order valence-corrected chi connectivity index (χ1v) is 7.00. The van der Waals surface area contributed by atoms with Crippen molar-refractivity contribution in [1.82, 2.24) is 0 Å². The van der Waals surface area contributed by atoms with Crippen LogP contribution in [0, 0.1) is 17.8 Å². The Balaban J connectivity index is 2.10. The second-order valence-corrected chi connectivity index (χ2v) is 6.79. The number of rotatable bonds is 1. The molecule has 0 spiro atoms. The van der Waals surface area contributed by atoms with E-state index in [-0.39, 0.29) is 11.9 Å². The molecule has 5 atom stereocenters. The molecule has 4 heteroatoms. The Kier molecular flexibility index (Phi) is 3.08. The monoisotopic (exact) mass is 406 g/mol. The van der Waals surface area contributed by atoms with Crippen molar-refractivity contribution >= 4 is 51.2 Å². The van der Waals surface area contributed by atoms with Crippen LogP contribution in [0.3, 0.4) is 0 Å². The molecule has 0 N–H and O–H groups in total. The first-order chi connectivity index (χ1) is 6.15. The van der Waals surface area contributed by atoms with Crippen LogP contribution in [0.1, 0.15) is 12.8 Å². The Morgan fingerprint density at radius 1 is 1.31 bits per heavy atom. The summed E-state index contributed by atoms with van der Waals surface area (Å²) in [4.78, 5) is 11.4. The van der Waals surface area contributed by atoms with Gasteiger partial charge in [-0.2, -0.15) is 0 Å². The molecule has 0 saturated heterocycles. The van der Waals surface area contributed by atoms with E-state index < -0.39 is 0 Å². The predicted octanol–water partition coefficient (Wildman–Crippen LogP) is 2.42. The minimum atomic E-state index is 0.0115. The van der Waals surface area contributed by atoms with Gasteiger partial charge in [-0.3, -0.25) is 4.79 Å². The van der Waals surface area contributed by atoms with Crippen molar-refractivity contribution in [2.45, 2.75) is 20.7 Å². The lowest BCUT2D eigenvalue weighted by atomic mass is 9.89. The summed E-state index contributed by atoms with van der Waals surface area (Å²) in [5, 5.41) is 0. The van der Waals surface area contributed by atoms with Crippen LogP contribution in [-0.4, -0.2) is 20.9 Å². The lowest BCUT2D eigenvalue weighted by molar-refractivity contribution is -0.147. The highest BCUT2D eigenvalue weighted by Crippen LogP contribution is 2.54. The van der Waals surface area contributed by atoms with E-state index in [1.54, 1.807) is 0 Å². The Morgan fingerprint density at radius 3 is 2.46 bits per heavy atom. The van der Waals surface area contributed by atoms with Gasteiger partial charge in [-0.25, -0.2) is 0 Å². The molecule has 0 aliphatic heterocycles. The van der Waals surface area contributed by atoms with E-state index in [4.69, 9.17) is 4.74 Å². The fraction of sp³-hybridized carbons (Fsp3) is 0.889. The van der Waals surface area contributed by atoms with Crippen molar-refractivity contribution in [3.8, 4) is 0 Å². The number of carbonyl (C=O) groups excluding carboxylic acids is 1. The van der Waals surface area contributed by atoms with Gasteiger partial charge in [0.2, 0.25) is 0 Å². The molecule has 74 valence electrons. The van der Waals surface area contributed by atoms with Crippen molar-refractivity contribution in [3.63, 3.8) is 0 Å². The Labute approximate surface area is 105 Å². The average Bonchev–Trinajstić information content (AvgIpc) is 2.67. The molecule has 0 heterocycles. The van der Waals surface area contributed by atoms with Gasteiger partial charge in [0.05, 0.1) is 13.0 Å². The van der Waals surface area contributed by atoms with Crippen LogP contribution in [-0.2, 0) is 9.53 Å². The Morgan fingerprint density at radius 2 is 2.00 bits per heavy atom. The molecule has 2 aliphatic carbocycles. The molecule has 5 unspecified atom stereocenters. The van der Waals surface area contributed by atoms with Gasteiger partial charge in [0, 0.05) is 7.85 Å². The number of carbonyl (C=O) groups is 1. The summed E-state index contributed by atoms with van der Waals surface area (Å²) in [5.74, 6) is 1.55. The number of hydrogen-bond acceptors (Lipinski definition) is 2. The summed E-state index contributed by atoms with van der Waals surface area (Å²) in [6.07, 6.45) is 2.30. The van der Waals surface area contributed by atoms with Crippen molar-refractivity contribution in [3.05, 3.63) is 0 Å². The van der Waals surface area contributed by atoms with Gasteiger partial charge in [0.1, 0.15) is 0 Å². The zero-order valence-electron chi connectivity index (χ0n) is 7.37. The van der Waals surface area contributed by atoms with Gasteiger partial charge < -0.3 is 4.74 Å². The molecule has 2 saturated carbocycles. The van der Waals surface area contributed by atoms with E-state index in [0.717, 1.165) is 16.3 Å². The van der Waals surface area contributed by atoms with Gasteiger partial charge >= 0.3 is 5.97 Å². The van der Waals surface area contributed by atoms with Crippen LogP contribution in [0.5, 0.6) is 0 Å². The number of halogens is 2. The van der Waals surface area contributed by atoms with Crippen LogP contribution in [0.25, 0.3) is 0 Å². The third kappa shape index (κ3) is 1.61. The molecule has 0 aromatic rings. The predicted molar refractivity (Wildman–Crippen MR) is 67.3 cm³/mol. The molecule has 0 aromatic heterocycles. The molecule has 0 amide bonds. The Hall–Kier alpha value is 0.930. The summed E-state index contributed by atoms with van der Waals surface area (Å²) in [6, 6.07) is 0. The minimum absolute atomic E-state index is 0.0115. The number of hydrogen-bond donors (Lipinski definition) is 0. The van der Waals surface area contributed by atoms with E-state index in [9.17, 15) is 4.79 Å². The van der Waals surface area contributed by atoms with E-state index in [2.05, 4.69) is 45.2 Å². The van der Waals surface area contributed by atoms with Gasteiger partial charge in [0.25, 0.3) is 0 Å². The first kappa shape index (κ1) is 10.4. The summed E-state index contributed by atoms with van der Waals surface area (Å²) >= 11 is 5.04. The zero-order chi connectivity index (χ0) is 9.59. The minimum Gasteiger partial charge on any atom is -0.469 e. The lowest BCUT2D eigenvalue weighted by Crippen LogP contribution is -2.33. The van der Waals surface area contributed by atoms with Crippen LogP contribution >= 0.6 is 45.2 Å². The van der Waals surface area contributed by atoms with E-state index in [1.165, 1.54) is 13.5 Å². The molecule has 2 bridgehead atoms. The van der Waals surface area contributed by atoms with Gasteiger partial charge in [-0.15, -0.1) is 0 Å². The maximum Gasteiger partial charge on any atom is 0.308 e. The summed E-state index contributed by atoms with van der Waals surface area (Å²) < 4.78 is 6.26. The number of fused-ring (bicyclic) bond motifs is 2. The maximum atomic E-state index is 11.4. The highest BCUT2D eigenvalue weighted by molar-refractivity contribution is 14.1. The van der Waals surface area contributed by atoms with Gasteiger partial charge in [-0.05, 0) is 24.7 Å². The molecule has 2 fully saturated rings. The van der Waals surface area contributed by atoms with E-state index >= 15 is 0 Å². The third-order valence-corrected chi connectivity index (χ3v) is 8.18. The molecule has 0 aromatic carbocycles. The molecule has 13 heavy (non-hydrogen) atoms. The molecule has 2 rings (SSSR count). The highest BCUT2D eigenvalue weighted by Gasteiger charge is 2.53. The summed E-state index contributed by atoms with van der Waals surface area (Å²) in [5.41, 5.74) is 0. The normalized spacial score (nSPS) is 48.1. The largest absolute Gasteiger partial charge is 0.469 e. The molecule has 2 aliphatic rings. The standard InChI is InChI=1S/C9H12I2O2/c1-13-9(12)6-3-4-2-5(6)8(11)7(4)10/h4-8H,2-3H2,1H3. The second-order valence-electron chi connectivity index (χ2n) is 3.91. The topological polar surface area (TPSA) is 26.3 Å². The number of alkyl halides is 2. The molecule has 0 radical (unpaired) electrons. The van der Waals surface area contributed by atoms with Crippen LogP contribution in [0.2, 0.25) is 0 Å². The molecular weight excluding hydrogens is 394 g/mol. The van der Waals surface area contributed by atoms with E-state index in [1.807, 2.05) is 0 Å². The van der Waals surface area contributed by atoms with Crippen molar-refractivity contribution in [1.29, 1.82) is 0 Å². The van der Waals surface area contributed by atoms with Gasteiger partial charge in [-0.1, -0.05) is 45.2 Å². The number of esters is 1. The summed E-state index contributed by atoms with van der Waals surface area (Å²) in [6.45, 7) is 0. The SMILES string of the molecule is COC(=O)C1CC2CC1C(I)C2I.